The lowest BCUT2D eigenvalue weighted by Crippen LogP contribution is -2.22. The number of thioether (sulfide) groups is 1. The number of primary amides is 1. The molecule has 0 aromatic carbocycles. The molecule has 1 atom stereocenters. The van der Waals surface area contributed by atoms with Crippen molar-refractivity contribution in [2.75, 3.05) is 0 Å². The first kappa shape index (κ1) is 13.5. The fourth-order valence-corrected chi connectivity index (χ4v) is 2.31. The monoisotopic (exact) mass is 249 g/mol. The number of rotatable bonds is 3. The second kappa shape index (κ2) is 5.19. The van der Waals surface area contributed by atoms with Crippen LogP contribution in [-0.4, -0.2) is 16.1 Å². The van der Waals surface area contributed by atoms with Gasteiger partial charge in [0.2, 0.25) is 5.91 Å². The molecule has 0 saturated heterocycles. The highest BCUT2D eigenvalue weighted by molar-refractivity contribution is 8.00. The number of aromatic nitrogens is 1. The van der Waals surface area contributed by atoms with Crippen LogP contribution in [0, 0.1) is 32.1 Å². The number of nitrogens with zero attached hydrogens (tertiary/aromatic N) is 2. The predicted molar refractivity (Wildman–Crippen MR) is 67.7 cm³/mol. The van der Waals surface area contributed by atoms with Gasteiger partial charge in [0.25, 0.3) is 0 Å². The number of amides is 1. The fourth-order valence-electron chi connectivity index (χ4n) is 1.35. The van der Waals surface area contributed by atoms with E-state index in [0.29, 0.717) is 10.6 Å². The largest absolute Gasteiger partial charge is 0.369 e. The first-order chi connectivity index (χ1) is 7.88. The Balaban J connectivity index is 3.25. The Morgan fingerprint density at radius 1 is 1.41 bits per heavy atom. The van der Waals surface area contributed by atoms with Crippen LogP contribution in [0.2, 0.25) is 0 Å². The van der Waals surface area contributed by atoms with Crippen molar-refractivity contribution >= 4 is 17.7 Å². The lowest BCUT2D eigenvalue weighted by molar-refractivity contribution is -0.117. The molecule has 0 aliphatic rings. The van der Waals surface area contributed by atoms with E-state index in [9.17, 15) is 4.79 Å². The summed E-state index contributed by atoms with van der Waals surface area (Å²) in [6.45, 7) is 7.43. The Morgan fingerprint density at radius 3 is 2.47 bits per heavy atom. The summed E-state index contributed by atoms with van der Waals surface area (Å²) in [4.78, 5) is 15.4. The molecular formula is C12H15N3OS. The highest BCUT2D eigenvalue weighted by Gasteiger charge is 2.17. The SMILES string of the molecule is Cc1nc(S[C@@H](C)C(N)=O)c(C#N)c(C)c1C. The van der Waals surface area contributed by atoms with Gasteiger partial charge in [-0.1, -0.05) is 11.8 Å². The summed E-state index contributed by atoms with van der Waals surface area (Å²) in [5, 5.41) is 9.34. The molecule has 2 N–H and O–H groups in total. The van der Waals surface area contributed by atoms with Crippen molar-refractivity contribution in [1.29, 1.82) is 5.26 Å². The van der Waals surface area contributed by atoms with Crippen LogP contribution in [0.1, 0.15) is 29.3 Å². The lowest BCUT2D eigenvalue weighted by Gasteiger charge is -2.12. The number of nitrogens with two attached hydrogens (primary N) is 1. The molecule has 0 bridgehead atoms. The third-order valence-corrected chi connectivity index (χ3v) is 3.87. The van der Waals surface area contributed by atoms with Crippen LogP contribution in [0.4, 0.5) is 0 Å². The van der Waals surface area contributed by atoms with E-state index in [1.54, 1.807) is 6.92 Å². The van der Waals surface area contributed by atoms with Gasteiger partial charge in [-0.05, 0) is 38.8 Å². The van der Waals surface area contributed by atoms with Crippen molar-refractivity contribution in [3.8, 4) is 6.07 Å². The maximum absolute atomic E-state index is 11.0. The molecule has 1 heterocycles. The van der Waals surface area contributed by atoms with Gasteiger partial charge in [-0.3, -0.25) is 4.79 Å². The van der Waals surface area contributed by atoms with Crippen LogP contribution in [-0.2, 0) is 4.79 Å². The Kier molecular flexibility index (Phi) is 4.13. The third kappa shape index (κ3) is 2.77. The Hall–Kier alpha value is -1.54. The van der Waals surface area contributed by atoms with Gasteiger partial charge in [-0.25, -0.2) is 4.98 Å². The van der Waals surface area contributed by atoms with E-state index in [-0.39, 0.29) is 0 Å². The van der Waals surface area contributed by atoms with Crippen molar-refractivity contribution in [1.82, 2.24) is 4.98 Å². The van der Waals surface area contributed by atoms with E-state index in [1.807, 2.05) is 20.8 Å². The Morgan fingerprint density at radius 2 is 2.00 bits per heavy atom. The summed E-state index contributed by atoms with van der Waals surface area (Å²) in [5.74, 6) is -0.406. The summed E-state index contributed by atoms with van der Waals surface area (Å²) in [6.07, 6.45) is 0. The molecule has 4 nitrogen and oxygen atoms in total. The molecule has 1 rings (SSSR count). The third-order valence-electron chi connectivity index (χ3n) is 2.76. The summed E-state index contributed by atoms with van der Waals surface area (Å²) < 4.78 is 0. The average Bonchev–Trinajstić information content (AvgIpc) is 2.26. The number of carbonyl (C=O) groups is 1. The Labute approximate surface area is 105 Å². The second-order valence-electron chi connectivity index (χ2n) is 3.90. The van der Waals surface area contributed by atoms with Gasteiger partial charge in [0.1, 0.15) is 11.1 Å². The predicted octanol–water partition coefficient (Wildman–Crippen LogP) is 1.84. The number of aryl methyl sites for hydroxylation is 1. The highest BCUT2D eigenvalue weighted by Crippen LogP contribution is 2.28. The molecule has 5 heteroatoms. The number of hydrogen-bond acceptors (Lipinski definition) is 4. The van der Waals surface area contributed by atoms with Crippen LogP contribution in [0.25, 0.3) is 0 Å². The van der Waals surface area contributed by atoms with Gasteiger partial charge < -0.3 is 5.73 Å². The zero-order chi connectivity index (χ0) is 13.2. The van der Waals surface area contributed by atoms with Crippen LogP contribution in [0.3, 0.4) is 0 Å². The first-order valence-corrected chi connectivity index (χ1v) is 6.10. The van der Waals surface area contributed by atoms with Crippen molar-refractivity contribution in [2.45, 2.75) is 38.0 Å². The number of carbonyl (C=O) groups excluding carboxylic acids is 1. The fraction of sp³-hybridized carbons (Fsp3) is 0.417. The van der Waals surface area contributed by atoms with Gasteiger partial charge in [0.05, 0.1) is 10.8 Å². The van der Waals surface area contributed by atoms with E-state index < -0.39 is 11.2 Å². The van der Waals surface area contributed by atoms with Crippen LogP contribution >= 0.6 is 11.8 Å². The molecule has 0 unspecified atom stereocenters. The zero-order valence-electron chi connectivity index (χ0n) is 10.4. The first-order valence-electron chi connectivity index (χ1n) is 5.22. The van der Waals surface area contributed by atoms with E-state index in [1.165, 1.54) is 11.8 Å². The maximum atomic E-state index is 11.0. The molecular weight excluding hydrogens is 234 g/mol. The molecule has 17 heavy (non-hydrogen) atoms. The molecule has 0 radical (unpaired) electrons. The van der Waals surface area contributed by atoms with E-state index in [2.05, 4.69) is 11.1 Å². The standard InChI is InChI=1S/C12H15N3OS/c1-6-7(2)10(5-13)12(15-8(6)3)17-9(4)11(14)16/h9H,1-4H3,(H2,14,16)/t9-/m0/s1. The lowest BCUT2D eigenvalue weighted by atomic mass is 10.1. The minimum absolute atomic E-state index is 0.392. The molecule has 1 aromatic rings. The van der Waals surface area contributed by atoms with Gasteiger partial charge in [0, 0.05) is 5.69 Å². The number of nitriles is 1. The molecule has 0 fully saturated rings. The topological polar surface area (TPSA) is 79.8 Å². The van der Waals surface area contributed by atoms with E-state index in [4.69, 9.17) is 11.0 Å². The van der Waals surface area contributed by atoms with Crippen molar-refractivity contribution in [3.63, 3.8) is 0 Å². The molecule has 1 amide bonds. The molecule has 0 aliphatic heterocycles. The molecule has 1 aromatic heterocycles. The minimum Gasteiger partial charge on any atom is -0.369 e. The highest BCUT2D eigenvalue weighted by atomic mass is 32.2. The van der Waals surface area contributed by atoms with Gasteiger partial charge in [-0.2, -0.15) is 5.26 Å². The Bertz CT molecular complexity index is 505. The normalized spacial score (nSPS) is 11.9. The molecule has 0 aliphatic carbocycles. The van der Waals surface area contributed by atoms with Gasteiger partial charge >= 0.3 is 0 Å². The minimum atomic E-state index is -0.406. The smallest absolute Gasteiger partial charge is 0.230 e. The van der Waals surface area contributed by atoms with E-state index >= 15 is 0 Å². The zero-order valence-corrected chi connectivity index (χ0v) is 11.2. The van der Waals surface area contributed by atoms with Crippen molar-refractivity contribution in [3.05, 3.63) is 22.4 Å². The van der Waals surface area contributed by atoms with Crippen LogP contribution < -0.4 is 5.73 Å². The van der Waals surface area contributed by atoms with E-state index in [0.717, 1.165) is 16.8 Å². The average molecular weight is 249 g/mol. The number of hydrogen-bond donors (Lipinski definition) is 1. The summed E-state index contributed by atoms with van der Waals surface area (Å²) in [6, 6.07) is 2.14. The molecule has 90 valence electrons. The molecule has 0 spiro atoms. The quantitative estimate of drug-likeness (QED) is 0.829. The molecule has 0 saturated carbocycles. The van der Waals surface area contributed by atoms with Crippen LogP contribution in [0.5, 0.6) is 0 Å². The van der Waals surface area contributed by atoms with Crippen molar-refractivity contribution < 1.29 is 4.79 Å². The van der Waals surface area contributed by atoms with Crippen LogP contribution in [0.15, 0.2) is 5.03 Å². The van der Waals surface area contributed by atoms with Crippen molar-refractivity contribution in [2.24, 2.45) is 5.73 Å². The van der Waals surface area contributed by atoms with Gasteiger partial charge in [0.15, 0.2) is 0 Å². The second-order valence-corrected chi connectivity index (χ2v) is 5.23. The summed E-state index contributed by atoms with van der Waals surface area (Å²) in [7, 11) is 0. The number of pyridine rings is 1. The van der Waals surface area contributed by atoms with Gasteiger partial charge in [-0.15, -0.1) is 0 Å². The summed E-state index contributed by atoms with van der Waals surface area (Å²) in [5.41, 5.74) is 8.55. The summed E-state index contributed by atoms with van der Waals surface area (Å²) >= 11 is 1.23. The maximum Gasteiger partial charge on any atom is 0.230 e.